The van der Waals surface area contributed by atoms with E-state index >= 15 is 0 Å². The van der Waals surface area contributed by atoms with E-state index in [2.05, 4.69) is 12.2 Å². The van der Waals surface area contributed by atoms with Crippen molar-refractivity contribution in [2.75, 3.05) is 31.1 Å². The van der Waals surface area contributed by atoms with Gasteiger partial charge in [-0.25, -0.2) is 8.42 Å². The van der Waals surface area contributed by atoms with Crippen LogP contribution in [0.4, 0.5) is 0 Å². The van der Waals surface area contributed by atoms with E-state index in [1.54, 1.807) is 6.07 Å². The minimum Gasteiger partial charge on any atom is -0.312 e. The number of sulfonamides is 1. The zero-order valence-corrected chi connectivity index (χ0v) is 14.9. The fraction of sp³-hybridized carbons (Fsp3) is 0.692. The Kier molecular flexibility index (Phi) is 5.96. The predicted octanol–water partition coefficient (Wildman–Crippen LogP) is 1.31. The molecule has 1 aliphatic heterocycles. The molecular formula is C13H22N2O3S3. The van der Waals surface area contributed by atoms with E-state index in [4.69, 9.17) is 0 Å². The van der Waals surface area contributed by atoms with E-state index in [0.29, 0.717) is 35.3 Å². The van der Waals surface area contributed by atoms with E-state index in [-0.39, 0.29) is 0 Å². The first-order valence-electron chi connectivity index (χ1n) is 7.10. The van der Waals surface area contributed by atoms with Crippen LogP contribution >= 0.6 is 11.3 Å². The number of rotatable bonds is 6. The summed E-state index contributed by atoms with van der Waals surface area (Å²) in [5, 5.41) is 3.30. The molecule has 0 spiro atoms. The van der Waals surface area contributed by atoms with Crippen LogP contribution in [0.2, 0.25) is 0 Å². The quantitative estimate of drug-likeness (QED) is 0.786. The summed E-state index contributed by atoms with van der Waals surface area (Å²) in [7, 11) is -4.30. The highest BCUT2D eigenvalue weighted by Crippen LogP contribution is 2.29. The van der Waals surface area contributed by atoms with Crippen LogP contribution in [0, 0.1) is 6.92 Å². The van der Waals surface area contributed by atoms with E-state index in [9.17, 15) is 12.6 Å². The van der Waals surface area contributed by atoms with Crippen LogP contribution in [0.3, 0.4) is 0 Å². The molecule has 0 saturated carbocycles. The second-order valence-electron chi connectivity index (χ2n) is 5.10. The van der Waals surface area contributed by atoms with Gasteiger partial charge in [-0.2, -0.15) is 4.31 Å². The Morgan fingerprint density at radius 3 is 2.67 bits per heavy atom. The van der Waals surface area contributed by atoms with Gasteiger partial charge in [0.2, 0.25) is 0 Å². The van der Waals surface area contributed by atoms with Crippen LogP contribution < -0.4 is 5.32 Å². The number of nitrogens with one attached hydrogen (secondary N) is 1. The van der Waals surface area contributed by atoms with Gasteiger partial charge in [0.05, 0.1) is 0 Å². The standard InChI is InChI=1S/C13H22N2O3S3/c1-3-4-14-10-12-11(2)9-13(19-12)21(17,18)15-5-7-20(16)8-6-15/h9,14H,3-8,10H2,1-2H3. The van der Waals surface area contributed by atoms with Crippen LogP contribution in [-0.4, -0.2) is 48.1 Å². The molecule has 8 heteroatoms. The smallest absolute Gasteiger partial charge is 0.252 e. The normalized spacial score (nSPS) is 18.2. The fourth-order valence-corrected chi connectivity index (χ4v) is 6.60. The first kappa shape index (κ1) is 17.1. The van der Waals surface area contributed by atoms with Gasteiger partial charge in [-0.05, 0) is 31.5 Å². The van der Waals surface area contributed by atoms with Crippen molar-refractivity contribution in [1.82, 2.24) is 9.62 Å². The fourth-order valence-electron chi connectivity index (χ4n) is 2.16. The summed E-state index contributed by atoms with van der Waals surface area (Å²) in [6.45, 7) is 6.40. The van der Waals surface area contributed by atoms with Crippen molar-refractivity contribution in [3.8, 4) is 0 Å². The van der Waals surface area contributed by atoms with Crippen molar-refractivity contribution in [3.63, 3.8) is 0 Å². The third-order valence-corrected chi connectivity index (χ3v) is 8.30. The molecule has 1 fully saturated rings. The van der Waals surface area contributed by atoms with E-state index in [1.807, 2.05) is 6.92 Å². The molecule has 1 saturated heterocycles. The zero-order chi connectivity index (χ0) is 15.5. The molecular weight excluding hydrogens is 328 g/mol. The SMILES string of the molecule is CCCNCc1sc(S(=O)(=O)N2CCS(=O)CC2)cc1C. The van der Waals surface area contributed by atoms with E-state index in [0.717, 1.165) is 23.4 Å². The lowest BCUT2D eigenvalue weighted by Gasteiger charge is -2.24. The summed E-state index contributed by atoms with van der Waals surface area (Å²) in [6, 6.07) is 1.76. The summed E-state index contributed by atoms with van der Waals surface area (Å²) >= 11 is 1.34. The van der Waals surface area contributed by atoms with Gasteiger partial charge < -0.3 is 5.32 Å². The Morgan fingerprint density at radius 1 is 1.38 bits per heavy atom. The van der Waals surface area contributed by atoms with Gasteiger partial charge in [0, 0.05) is 46.8 Å². The molecule has 0 bridgehead atoms. The maximum absolute atomic E-state index is 12.6. The summed E-state index contributed by atoms with van der Waals surface area (Å²) < 4.78 is 38.4. The number of aryl methyl sites for hydroxylation is 1. The monoisotopic (exact) mass is 350 g/mol. The van der Waals surface area contributed by atoms with Gasteiger partial charge in [-0.3, -0.25) is 4.21 Å². The topological polar surface area (TPSA) is 66.5 Å². The van der Waals surface area contributed by atoms with E-state index in [1.165, 1.54) is 15.6 Å². The van der Waals surface area contributed by atoms with Gasteiger partial charge in [-0.1, -0.05) is 6.92 Å². The number of nitrogens with zero attached hydrogens (tertiary/aromatic N) is 1. The molecule has 0 aromatic carbocycles. The number of thiophene rings is 1. The average molecular weight is 351 g/mol. The first-order valence-corrected chi connectivity index (χ1v) is 10.8. The average Bonchev–Trinajstić information content (AvgIpc) is 2.82. The Morgan fingerprint density at radius 2 is 2.05 bits per heavy atom. The lowest BCUT2D eigenvalue weighted by Crippen LogP contribution is -2.41. The van der Waals surface area contributed by atoms with Crippen molar-refractivity contribution >= 4 is 32.2 Å². The molecule has 1 aromatic heterocycles. The summed E-state index contributed by atoms with van der Waals surface area (Å²) in [4.78, 5) is 1.07. The molecule has 5 nitrogen and oxygen atoms in total. The molecule has 0 radical (unpaired) electrons. The highest BCUT2D eigenvalue weighted by molar-refractivity contribution is 7.91. The summed E-state index contributed by atoms with van der Waals surface area (Å²) in [6.07, 6.45) is 1.06. The molecule has 21 heavy (non-hydrogen) atoms. The lowest BCUT2D eigenvalue weighted by atomic mass is 10.3. The highest BCUT2D eigenvalue weighted by Gasteiger charge is 2.29. The van der Waals surface area contributed by atoms with Crippen molar-refractivity contribution < 1.29 is 12.6 Å². The molecule has 0 atom stereocenters. The maximum atomic E-state index is 12.6. The molecule has 1 N–H and O–H groups in total. The van der Waals surface area contributed by atoms with Crippen molar-refractivity contribution in [2.24, 2.45) is 0 Å². The first-order chi connectivity index (χ1) is 9.95. The van der Waals surface area contributed by atoms with Gasteiger partial charge in [-0.15, -0.1) is 11.3 Å². The Bertz CT molecular complexity index is 600. The minimum absolute atomic E-state index is 0.356. The summed E-state index contributed by atoms with van der Waals surface area (Å²) in [5.74, 6) is 0.878. The lowest BCUT2D eigenvalue weighted by molar-refractivity contribution is 0.440. The second-order valence-corrected chi connectivity index (χ2v) is 10.1. The Balaban J connectivity index is 2.13. The number of hydrogen-bond acceptors (Lipinski definition) is 5. The number of hydrogen-bond donors (Lipinski definition) is 1. The van der Waals surface area contributed by atoms with Crippen LogP contribution in [0.1, 0.15) is 23.8 Å². The molecule has 0 unspecified atom stereocenters. The second kappa shape index (κ2) is 7.32. The van der Waals surface area contributed by atoms with Crippen LogP contribution in [0.15, 0.2) is 10.3 Å². The molecule has 1 aromatic rings. The predicted molar refractivity (Wildman–Crippen MR) is 87.7 cm³/mol. The molecule has 1 aliphatic rings. The van der Waals surface area contributed by atoms with Crippen molar-refractivity contribution in [1.29, 1.82) is 0 Å². The van der Waals surface area contributed by atoms with Gasteiger partial charge in [0.25, 0.3) is 10.0 Å². The summed E-state index contributed by atoms with van der Waals surface area (Å²) in [5.41, 5.74) is 1.02. The van der Waals surface area contributed by atoms with Crippen LogP contribution in [-0.2, 0) is 27.4 Å². The molecule has 0 aliphatic carbocycles. The largest absolute Gasteiger partial charge is 0.312 e. The highest BCUT2D eigenvalue weighted by atomic mass is 32.2. The van der Waals surface area contributed by atoms with Gasteiger partial charge >= 0.3 is 0 Å². The van der Waals surface area contributed by atoms with Gasteiger partial charge in [0.1, 0.15) is 4.21 Å². The van der Waals surface area contributed by atoms with Crippen LogP contribution in [0.25, 0.3) is 0 Å². The molecule has 0 amide bonds. The third-order valence-electron chi connectivity index (χ3n) is 3.44. The Labute approximate surface area is 133 Å². The van der Waals surface area contributed by atoms with Gasteiger partial charge in [0.15, 0.2) is 0 Å². The van der Waals surface area contributed by atoms with E-state index < -0.39 is 20.8 Å². The Hall–Kier alpha value is -0.280. The molecule has 2 rings (SSSR count). The molecule has 120 valence electrons. The van der Waals surface area contributed by atoms with Crippen molar-refractivity contribution in [3.05, 3.63) is 16.5 Å². The maximum Gasteiger partial charge on any atom is 0.252 e. The van der Waals surface area contributed by atoms with Crippen molar-refractivity contribution in [2.45, 2.75) is 31.0 Å². The zero-order valence-electron chi connectivity index (χ0n) is 12.4. The third kappa shape index (κ3) is 4.13. The minimum atomic E-state index is -3.43. The van der Waals surface area contributed by atoms with Crippen LogP contribution in [0.5, 0.6) is 0 Å². The molecule has 2 heterocycles.